The first-order valence-electron chi connectivity index (χ1n) is 7.27. The third-order valence-electron chi connectivity index (χ3n) is 3.37. The molecule has 0 aliphatic rings. The molecule has 1 N–H and O–H groups in total. The van der Waals surface area contributed by atoms with Gasteiger partial charge in [0.1, 0.15) is 16.6 Å². The van der Waals surface area contributed by atoms with Crippen molar-refractivity contribution in [1.29, 1.82) is 0 Å². The molecule has 0 aliphatic heterocycles. The van der Waals surface area contributed by atoms with Crippen LogP contribution in [0.25, 0.3) is 11.3 Å². The van der Waals surface area contributed by atoms with Gasteiger partial charge in [-0.15, -0.1) is 11.3 Å². The molecule has 0 atom stereocenters. The Morgan fingerprint density at radius 2 is 2.04 bits per heavy atom. The van der Waals surface area contributed by atoms with Crippen LogP contribution in [0.4, 0.5) is 14.5 Å². The van der Waals surface area contributed by atoms with E-state index in [-0.39, 0.29) is 17.9 Å². The summed E-state index contributed by atoms with van der Waals surface area (Å²) in [6.45, 7) is 1.94. The van der Waals surface area contributed by atoms with E-state index < -0.39 is 11.6 Å². The van der Waals surface area contributed by atoms with Crippen molar-refractivity contribution >= 4 is 22.9 Å². The van der Waals surface area contributed by atoms with E-state index in [1.165, 1.54) is 11.3 Å². The maximum atomic E-state index is 13.8. The van der Waals surface area contributed by atoms with Crippen LogP contribution in [0.15, 0.2) is 47.8 Å². The molecule has 1 heterocycles. The average molecular weight is 344 g/mol. The number of aromatic nitrogens is 1. The Kier molecular flexibility index (Phi) is 4.66. The molecule has 0 fully saturated rings. The number of anilines is 1. The van der Waals surface area contributed by atoms with E-state index in [0.29, 0.717) is 16.4 Å². The summed E-state index contributed by atoms with van der Waals surface area (Å²) in [6, 6.07) is 10.7. The van der Waals surface area contributed by atoms with Crippen LogP contribution in [0.3, 0.4) is 0 Å². The van der Waals surface area contributed by atoms with E-state index in [1.807, 2.05) is 25.1 Å². The molecule has 24 heavy (non-hydrogen) atoms. The highest BCUT2D eigenvalue weighted by atomic mass is 32.1. The number of amides is 1. The van der Waals surface area contributed by atoms with Gasteiger partial charge in [0.15, 0.2) is 0 Å². The number of rotatable bonds is 4. The van der Waals surface area contributed by atoms with Crippen LogP contribution in [0.2, 0.25) is 0 Å². The fourth-order valence-corrected chi connectivity index (χ4v) is 3.07. The third-order valence-corrected chi connectivity index (χ3v) is 4.22. The maximum absolute atomic E-state index is 13.8. The largest absolute Gasteiger partial charge is 0.326 e. The zero-order valence-electron chi connectivity index (χ0n) is 12.8. The van der Waals surface area contributed by atoms with Crippen molar-refractivity contribution in [2.45, 2.75) is 13.3 Å². The van der Waals surface area contributed by atoms with Gasteiger partial charge < -0.3 is 5.32 Å². The van der Waals surface area contributed by atoms with E-state index in [0.717, 1.165) is 23.8 Å². The van der Waals surface area contributed by atoms with Crippen molar-refractivity contribution in [3.8, 4) is 11.3 Å². The summed E-state index contributed by atoms with van der Waals surface area (Å²) in [4.78, 5) is 16.3. The lowest BCUT2D eigenvalue weighted by atomic mass is 10.1. The van der Waals surface area contributed by atoms with Crippen molar-refractivity contribution in [3.05, 3.63) is 70.1 Å². The molecule has 0 saturated heterocycles. The van der Waals surface area contributed by atoms with E-state index in [2.05, 4.69) is 10.3 Å². The molecular weight excluding hydrogens is 330 g/mol. The highest BCUT2D eigenvalue weighted by molar-refractivity contribution is 7.10. The fourth-order valence-electron chi connectivity index (χ4n) is 2.27. The summed E-state index contributed by atoms with van der Waals surface area (Å²) >= 11 is 1.24. The summed E-state index contributed by atoms with van der Waals surface area (Å²) in [5, 5.41) is 4.95. The zero-order valence-corrected chi connectivity index (χ0v) is 13.7. The first-order chi connectivity index (χ1) is 11.5. The van der Waals surface area contributed by atoms with Gasteiger partial charge in [0.05, 0.1) is 12.1 Å². The first kappa shape index (κ1) is 16.3. The molecule has 1 amide bonds. The predicted octanol–water partition coefficient (Wildman–Crippen LogP) is 4.58. The number of hydrogen-bond donors (Lipinski definition) is 1. The Bertz CT molecular complexity index is 892. The smallest absolute Gasteiger partial charge is 0.231 e. The van der Waals surface area contributed by atoms with Crippen LogP contribution in [0.1, 0.15) is 10.6 Å². The monoisotopic (exact) mass is 344 g/mol. The minimum atomic E-state index is -0.544. The summed E-state index contributed by atoms with van der Waals surface area (Å²) in [6.07, 6.45) is 0.0789. The highest BCUT2D eigenvalue weighted by Crippen LogP contribution is 2.25. The molecule has 3 aromatic rings. The van der Waals surface area contributed by atoms with Gasteiger partial charge >= 0.3 is 0 Å². The number of thiazole rings is 1. The summed E-state index contributed by atoms with van der Waals surface area (Å²) < 4.78 is 27.0. The lowest BCUT2D eigenvalue weighted by molar-refractivity contribution is -0.115. The number of benzene rings is 2. The number of nitrogens with zero attached hydrogens (tertiary/aromatic N) is 1. The molecule has 3 rings (SSSR count). The second-order valence-corrected chi connectivity index (χ2v) is 6.29. The Balaban J connectivity index is 1.72. The highest BCUT2D eigenvalue weighted by Gasteiger charge is 2.13. The van der Waals surface area contributed by atoms with E-state index >= 15 is 0 Å². The molecule has 0 spiro atoms. The van der Waals surface area contributed by atoms with Crippen molar-refractivity contribution in [3.63, 3.8) is 0 Å². The fraction of sp³-hybridized carbons (Fsp3) is 0.111. The second-order valence-electron chi connectivity index (χ2n) is 5.35. The van der Waals surface area contributed by atoms with Crippen LogP contribution in [-0.4, -0.2) is 10.9 Å². The van der Waals surface area contributed by atoms with Crippen LogP contribution >= 0.6 is 11.3 Å². The number of nitrogens with one attached hydrogen (secondary N) is 1. The standard InChI is InChI=1S/C18H14F2N2OS/c1-11-3-2-4-13(7-11)21-17(23)9-18-22-16(10-24-18)14-8-12(19)5-6-15(14)20/h2-8,10H,9H2,1H3,(H,21,23). The van der Waals surface area contributed by atoms with Crippen LogP contribution in [0.5, 0.6) is 0 Å². The van der Waals surface area contributed by atoms with Gasteiger partial charge in [-0.3, -0.25) is 4.79 Å². The molecule has 3 nitrogen and oxygen atoms in total. The number of aryl methyl sites for hydroxylation is 1. The number of carbonyl (C=O) groups is 1. The molecule has 0 unspecified atom stereocenters. The summed E-state index contributed by atoms with van der Waals surface area (Å²) in [7, 11) is 0. The van der Waals surface area contributed by atoms with E-state index in [1.54, 1.807) is 11.4 Å². The Morgan fingerprint density at radius 1 is 1.21 bits per heavy atom. The van der Waals surface area contributed by atoms with Gasteiger partial charge in [-0.25, -0.2) is 13.8 Å². The average Bonchev–Trinajstić information content (AvgIpc) is 2.97. The lowest BCUT2D eigenvalue weighted by Gasteiger charge is -2.04. The van der Waals surface area contributed by atoms with Gasteiger partial charge in [-0.1, -0.05) is 12.1 Å². The zero-order chi connectivity index (χ0) is 17.1. The predicted molar refractivity (Wildman–Crippen MR) is 91.0 cm³/mol. The Morgan fingerprint density at radius 3 is 2.83 bits per heavy atom. The molecule has 0 radical (unpaired) electrons. The normalized spacial score (nSPS) is 10.6. The third kappa shape index (κ3) is 3.83. The van der Waals surface area contributed by atoms with Crippen LogP contribution in [-0.2, 0) is 11.2 Å². The Hall–Kier alpha value is -2.60. The number of hydrogen-bond acceptors (Lipinski definition) is 3. The second kappa shape index (κ2) is 6.88. The summed E-state index contributed by atoms with van der Waals surface area (Å²) in [5.41, 5.74) is 2.19. The van der Waals surface area contributed by atoms with Crippen molar-refractivity contribution < 1.29 is 13.6 Å². The first-order valence-corrected chi connectivity index (χ1v) is 8.15. The van der Waals surface area contributed by atoms with Crippen molar-refractivity contribution in [2.75, 3.05) is 5.32 Å². The van der Waals surface area contributed by atoms with Crippen LogP contribution < -0.4 is 5.32 Å². The Labute approximate surface area is 142 Å². The molecule has 1 aromatic heterocycles. The van der Waals surface area contributed by atoms with Crippen molar-refractivity contribution in [1.82, 2.24) is 4.98 Å². The molecule has 0 bridgehead atoms. The topological polar surface area (TPSA) is 42.0 Å². The molecule has 0 saturated carbocycles. The minimum Gasteiger partial charge on any atom is -0.326 e. The maximum Gasteiger partial charge on any atom is 0.231 e. The van der Waals surface area contributed by atoms with E-state index in [4.69, 9.17) is 0 Å². The molecule has 2 aromatic carbocycles. The molecule has 6 heteroatoms. The molecular formula is C18H14F2N2OS. The van der Waals surface area contributed by atoms with Gasteiger partial charge in [-0.05, 0) is 42.8 Å². The van der Waals surface area contributed by atoms with Gasteiger partial charge in [0.2, 0.25) is 5.91 Å². The number of halogens is 2. The lowest BCUT2D eigenvalue weighted by Crippen LogP contribution is -2.14. The number of carbonyl (C=O) groups excluding carboxylic acids is 1. The quantitative estimate of drug-likeness (QED) is 0.753. The minimum absolute atomic E-state index is 0.0789. The summed E-state index contributed by atoms with van der Waals surface area (Å²) in [5.74, 6) is -1.28. The molecule has 122 valence electrons. The van der Waals surface area contributed by atoms with E-state index in [9.17, 15) is 13.6 Å². The molecule has 0 aliphatic carbocycles. The van der Waals surface area contributed by atoms with Gasteiger partial charge in [0.25, 0.3) is 0 Å². The van der Waals surface area contributed by atoms with Crippen LogP contribution in [0, 0.1) is 18.6 Å². The SMILES string of the molecule is Cc1cccc(NC(=O)Cc2nc(-c3cc(F)ccc3F)cs2)c1. The van der Waals surface area contributed by atoms with Gasteiger partial charge in [0, 0.05) is 16.6 Å². The van der Waals surface area contributed by atoms with Crippen molar-refractivity contribution in [2.24, 2.45) is 0 Å². The van der Waals surface area contributed by atoms with Gasteiger partial charge in [-0.2, -0.15) is 0 Å².